The molecule has 1 saturated heterocycles. The van der Waals surface area contributed by atoms with Crippen molar-refractivity contribution in [3.63, 3.8) is 0 Å². The van der Waals surface area contributed by atoms with Crippen LogP contribution in [0.2, 0.25) is 0 Å². The molecule has 8 heteroatoms. The smallest absolute Gasteiger partial charge is 0.198 e. The van der Waals surface area contributed by atoms with Crippen molar-refractivity contribution in [2.75, 3.05) is 0 Å². The van der Waals surface area contributed by atoms with E-state index < -0.39 is 46.8 Å². The van der Waals surface area contributed by atoms with Crippen molar-refractivity contribution in [3.05, 3.63) is 57.6 Å². The zero-order valence-electron chi connectivity index (χ0n) is 23.0. The number of phenolic OH excluding ortho intramolecular Hbond substituents is 2. The highest BCUT2D eigenvalue weighted by molar-refractivity contribution is 6.30. The molecule has 2 aliphatic carbocycles. The summed E-state index contributed by atoms with van der Waals surface area (Å²) in [5, 5.41) is 34.2. The van der Waals surface area contributed by atoms with Gasteiger partial charge in [0.05, 0.1) is 23.3 Å². The van der Waals surface area contributed by atoms with Crippen molar-refractivity contribution < 1.29 is 39.2 Å². The molecule has 0 amide bonds. The van der Waals surface area contributed by atoms with Gasteiger partial charge in [0.2, 0.25) is 0 Å². The molecule has 3 unspecified atom stereocenters. The van der Waals surface area contributed by atoms with Gasteiger partial charge >= 0.3 is 0 Å². The van der Waals surface area contributed by atoms with E-state index in [1.165, 1.54) is 19.1 Å². The zero-order valence-corrected chi connectivity index (χ0v) is 23.0. The first-order valence-electron chi connectivity index (χ1n) is 13.5. The Morgan fingerprint density at radius 2 is 1.64 bits per heavy atom. The van der Waals surface area contributed by atoms with E-state index in [0.29, 0.717) is 12.3 Å². The zero-order chi connectivity index (χ0) is 28.4. The third kappa shape index (κ3) is 4.79. The molecular weight excluding hydrogens is 500 g/mol. The van der Waals surface area contributed by atoms with Crippen molar-refractivity contribution in [1.29, 1.82) is 0 Å². The molecule has 0 spiro atoms. The van der Waals surface area contributed by atoms with Crippen LogP contribution in [0.4, 0.5) is 0 Å². The predicted molar refractivity (Wildman–Crippen MR) is 142 cm³/mol. The average Bonchev–Trinajstić information content (AvgIpc) is 2.83. The van der Waals surface area contributed by atoms with Crippen LogP contribution in [0.5, 0.6) is 11.5 Å². The van der Waals surface area contributed by atoms with Gasteiger partial charge in [0.15, 0.2) is 23.6 Å². The molecule has 208 valence electrons. The van der Waals surface area contributed by atoms with Crippen molar-refractivity contribution in [2.45, 2.75) is 90.8 Å². The molecule has 1 fully saturated rings. The van der Waals surface area contributed by atoms with E-state index in [4.69, 9.17) is 9.47 Å². The lowest BCUT2D eigenvalue weighted by Crippen LogP contribution is -2.46. The molecule has 2 aromatic carbocycles. The minimum absolute atomic E-state index is 0.0239. The Balaban J connectivity index is 1.60. The molecule has 0 aromatic heterocycles. The first-order chi connectivity index (χ1) is 18.2. The number of ketones is 3. The second-order valence-corrected chi connectivity index (χ2v) is 12.6. The second-order valence-electron chi connectivity index (χ2n) is 12.6. The minimum Gasteiger partial charge on any atom is -0.507 e. The number of phenols is 2. The van der Waals surface area contributed by atoms with E-state index in [9.17, 15) is 29.7 Å². The van der Waals surface area contributed by atoms with Crippen LogP contribution in [0.25, 0.3) is 0 Å². The number of carbonyl (C=O) groups excluding carboxylic acids is 3. The fraction of sp³-hybridized carbons (Fsp3) is 0.516. The SMILES string of the molecule is CC(=O)[C@]1(O)Cc2c(O)c3c(c(O)c2[C@@H](OC2CC(CC(C)(C)C)CC(C)O2)C1)C(=O)c1ccccc1C3=O. The summed E-state index contributed by atoms with van der Waals surface area (Å²) in [6.45, 7) is 9.74. The number of Topliss-reactive ketones (excluding diaryl/α,β-unsaturated/α-hetero) is 1. The van der Waals surface area contributed by atoms with Gasteiger partial charge in [0.25, 0.3) is 0 Å². The number of carbonyl (C=O) groups is 3. The van der Waals surface area contributed by atoms with Gasteiger partial charge in [0, 0.05) is 41.5 Å². The van der Waals surface area contributed by atoms with Crippen molar-refractivity contribution >= 4 is 17.3 Å². The Hall–Kier alpha value is -3.07. The number of benzene rings is 2. The summed E-state index contributed by atoms with van der Waals surface area (Å²) in [7, 11) is 0. The first-order valence-corrected chi connectivity index (χ1v) is 13.5. The monoisotopic (exact) mass is 536 g/mol. The lowest BCUT2D eigenvalue weighted by Gasteiger charge is -2.42. The molecule has 0 saturated carbocycles. The van der Waals surface area contributed by atoms with Gasteiger partial charge in [0.1, 0.15) is 17.1 Å². The van der Waals surface area contributed by atoms with Crippen LogP contribution < -0.4 is 0 Å². The normalized spacial score (nSPS) is 28.5. The number of hydrogen-bond donors (Lipinski definition) is 3. The van der Waals surface area contributed by atoms with Crippen molar-refractivity contribution in [1.82, 2.24) is 0 Å². The van der Waals surface area contributed by atoms with E-state index in [0.717, 1.165) is 12.8 Å². The predicted octanol–water partition coefficient (Wildman–Crippen LogP) is 4.77. The topological polar surface area (TPSA) is 130 Å². The van der Waals surface area contributed by atoms with Gasteiger partial charge in [-0.15, -0.1) is 0 Å². The van der Waals surface area contributed by atoms with E-state index >= 15 is 0 Å². The summed E-state index contributed by atoms with van der Waals surface area (Å²) >= 11 is 0. The summed E-state index contributed by atoms with van der Waals surface area (Å²) in [6.07, 6.45) is 0.0227. The molecule has 5 rings (SSSR count). The summed E-state index contributed by atoms with van der Waals surface area (Å²) in [5.41, 5.74) is -2.04. The van der Waals surface area contributed by atoms with Gasteiger partial charge in [-0.25, -0.2) is 0 Å². The summed E-state index contributed by atoms with van der Waals surface area (Å²) in [4.78, 5) is 39.5. The number of ether oxygens (including phenoxy) is 2. The lowest BCUT2D eigenvalue weighted by molar-refractivity contribution is -0.233. The highest BCUT2D eigenvalue weighted by Crippen LogP contribution is 2.52. The van der Waals surface area contributed by atoms with Crippen LogP contribution in [-0.2, 0) is 20.7 Å². The fourth-order valence-electron chi connectivity index (χ4n) is 6.58. The number of aliphatic hydroxyl groups is 1. The highest BCUT2D eigenvalue weighted by Gasteiger charge is 2.48. The van der Waals surface area contributed by atoms with E-state index in [2.05, 4.69) is 20.8 Å². The summed E-state index contributed by atoms with van der Waals surface area (Å²) < 4.78 is 12.5. The molecule has 0 bridgehead atoms. The number of fused-ring (bicyclic) bond motifs is 3. The number of aromatic hydroxyl groups is 2. The number of hydrogen-bond acceptors (Lipinski definition) is 8. The maximum absolute atomic E-state index is 13.5. The molecule has 5 atom stereocenters. The van der Waals surface area contributed by atoms with Crippen molar-refractivity contribution in [3.8, 4) is 11.5 Å². The minimum atomic E-state index is -1.90. The van der Waals surface area contributed by atoms with Gasteiger partial charge in [-0.2, -0.15) is 0 Å². The molecule has 8 nitrogen and oxygen atoms in total. The Bertz CT molecular complexity index is 1370. The standard InChI is InChI=1S/C31H36O8/c1-15-10-17(12-30(3,4)5)11-22(38-15)39-21-14-31(37,16(2)32)13-20-23(21)29(36)25-24(28(20)35)26(33)18-8-6-7-9-19(18)27(25)34/h6-9,15,17,21-22,35-37H,10-14H2,1-5H3/t15?,17?,21-,22?,31-/m0/s1. The van der Waals surface area contributed by atoms with Crippen LogP contribution in [-0.4, -0.2) is 50.7 Å². The third-order valence-electron chi connectivity index (χ3n) is 8.22. The molecule has 1 aliphatic heterocycles. The first kappa shape index (κ1) is 27.5. The molecule has 3 aliphatic rings. The second kappa shape index (κ2) is 9.54. The highest BCUT2D eigenvalue weighted by atomic mass is 16.7. The Labute approximate surface area is 227 Å². The molecule has 3 N–H and O–H groups in total. The maximum atomic E-state index is 13.5. The van der Waals surface area contributed by atoms with Gasteiger partial charge in [-0.05, 0) is 38.0 Å². The largest absolute Gasteiger partial charge is 0.507 e. The lowest BCUT2D eigenvalue weighted by atomic mass is 9.72. The maximum Gasteiger partial charge on any atom is 0.198 e. The van der Waals surface area contributed by atoms with Gasteiger partial charge in [-0.3, -0.25) is 14.4 Å². The fourth-order valence-corrected chi connectivity index (χ4v) is 6.58. The van der Waals surface area contributed by atoms with Crippen LogP contribution in [0.1, 0.15) is 109 Å². The molecule has 2 aromatic rings. The summed E-state index contributed by atoms with van der Waals surface area (Å²) in [6, 6.07) is 6.23. The van der Waals surface area contributed by atoms with E-state index in [-0.39, 0.29) is 57.7 Å². The van der Waals surface area contributed by atoms with Crippen LogP contribution in [0, 0.1) is 11.3 Å². The molecule has 1 heterocycles. The van der Waals surface area contributed by atoms with Crippen LogP contribution >= 0.6 is 0 Å². The van der Waals surface area contributed by atoms with E-state index in [1.807, 2.05) is 6.92 Å². The molecule has 0 radical (unpaired) electrons. The molecule has 39 heavy (non-hydrogen) atoms. The van der Waals surface area contributed by atoms with Crippen LogP contribution in [0.15, 0.2) is 24.3 Å². The average molecular weight is 537 g/mol. The third-order valence-corrected chi connectivity index (χ3v) is 8.22. The number of rotatable bonds is 4. The Kier molecular flexibility index (Phi) is 6.72. The Morgan fingerprint density at radius 1 is 1.05 bits per heavy atom. The van der Waals surface area contributed by atoms with Crippen LogP contribution in [0.3, 0.4) is 0 Å². The Morgan fingerprint density at radius 3 is 2.21 bits per heavy atom. The quantitative estimate of drug-likeness (QED) is 0.407. The molecular formula is C31H36O8. The van der Waals surface area contributed by atoms with E-state index in [1.54, 1.807) is 12.1 Å². The van der Waals surface area contributed by atoms with Gasteiger partial charge < -0.3 is 24.8 Å². The van der Waals surface area contributed by atoms with Crippen molar-refractivity contribution in [2.24, 2.45) is 11.3 Å². The van der Waals surface area contributed by atoms with Gasteiger partial charge in [-0.1, -0.05) is 45.0 Å². The summed E-state index contributed by atoms with van der Waals surface area (Å²) in [5.74, 6) is -2.42.